The molecule has 0 aromatic carbocycles. The molecule has 0 saturated carbocycles. The fourth-order valence-corrected chi connectivity index (χ4v) is 3.13. The second-order valence-electron chi connectivity index (χ2n) is 5.00. The summed E-state index contributed by atoms with van der Waals surface area (Å²) in [6, 6.07) is 0. The lowest BCUT2D eigenvalue weighted by Crippen LogP contribution is -2.44. The third-order valence-corrected chi connectivity index (χ3v) is 3.80. The Kier molecular flexibility index (Phi) is 3.98. The van der Waals surface area contributed by atoms with Gasteiger partial charge in [-0.3, -0.25) is 0 Å². The molecule has 2 rings (SSSR count). The van der Waals surface area contributed by atoms with Gasteiger partial charge in [-0.25, -0.2) is 0 Å². The van der Waals surface area contributed by atoms with Crippen molar-refractivity contribution in [2.24, 2.45) is 0 Å². The first-order valence-corrected chi connectivity index (χ1v) is 6.54. The number of carbonyl (C=O) groups excluding carboxylic acids is 1. The number of aldehydes is 1. The summed E-state index contributed by atoms with van der Waals surface area (Å²) in [7, 11) is 0. The molecule has 3 unspecified atom stereocenters. The summed E-state index contributed by atoms with van der Waals surface area (Å²) in [6.07, 6.45) is 8.41. The number of fused-ring (bicyclic) bond motifs is 1. The summed E-state index contributed by atoms with van der Waals surface area (Å²) in [5.41, 5.74) is -0.0272. The third-order valence-electron chi connectivity index (χ3n) is 3.80. The first-order chi connectivity index (χ1) is 7.80. The largest absolute Gasteiger partial charge is 0.372 e. The van der Waals surface area contributed by atoms with Gasteiger partial charge in [0.1, 0.15) is 6.29 Å². The van der Waals surface area contributed by atoms with Gasteiger partial charge in [-0.15, -0.1) is 0 Å². The molecule has 2 heterocycles. The summed E-state index contributed by atoms with van der Waals surface area (Å²) < 4.78 is 12.1. The highest BCUT2D eigenvalue weighted by molar-refractivity contribution is 5.49. The fourth-order valence-electron chi connectivity index (χ4n) is 3.13. The van der Waals surface area contributed by atoms with E-state index in [9.17, 15) is 4.79 Å². The Balaban J connectivity index is 1.98. The maximum Gasteiger partial charge on any atom is 0.120 e. The Morgan fingerprint density at radius 1 is 1.50 bits per heavy atom. The minimum Gasteiger partial charge on any atom is -0.372 e. The molecule has 2 saturated heterocycles. The second-order valence-corrected chi connectivity index (χ2v) is 5.00. The summed E-state index contributed by atoms with van der Waals surface area (Å²) in [5, 5.41) is 0. The summed E-state index contributed by atoms with van der Waals surface area (Å²) in [6.45, 7) is 3.07. The topological polar surface area (TPSA) is 35.5 Å². The van der Waals surface area contributed by atoms with E-state index in [2.05, 4.69) is 6.92 Å². The molecular formula is C13H22O3. The lowest BCUT2D eigenvalue weighted by molar-refractivity contribution is -0.131. The van der Waals surface area contributed by atoms with Crippen molar-refractivity contribution in [3.8, 4) is 0 Å². The van der Waals surface area contributed by atoms with Gasteiger partial charge >= 0.3 is 0 Å². The number of rotatable bonds is 5. The van der Waals surface area contributed by atoms with Crippen LogP contribution >= 0.6 is 0 Å². The summed E-state index contributed by atoms with van der Waals surface area (Å²) in [4.78, 5) is 10.4. The van der Waals surface area contributed by atoms with Crippen LogP contribution in [0, 0.1) is 0 Å². The Labute approximate surface area is 97.5 Å². The molecule has 0 N–H and O–H groups in total. The van der Waals surface area contributed by atoms with E-state index in [0.717, 1.165) is 51.4 Å². The van der Waals surface area contributed by atoms with E-state index in [4.69, 9.17) is 9.47 Å². The van der Waals surface area contributed by atoms with Crippen LogP contribution in [0.2, 0.25) is 0 Å². The Morgan fingerprint density at radius 3 is 3.12 bits per heavy atom. The predicted octanol–water partition coefficient (Wildman–Crippen LogP) is 2.47. The molecular weight excluding hydrogens is 204 g/mol. The van der Waals surface area contributed by atoms with E-state index < -0.39 is 0 Å². The highest BCUT2D eigenvalue weighted by Crippen LogP contribution is 2.43. The highest BCUT2D eigenvalue weighted by atomic mass is 16.6. The molecule has 0 spiro atoms. The molecule has 2 fully saturated rings. The highest BCUT2D eigenvalue weighted by Gasteiger charge is 2.49. The Morgan fingerprint density at radius 2 is 2.38 bits per heavy atom. The van der Waals surface area contributed by atoms with Crippen molar-refractivity contribution in [2.45, 2.75) is 69.7 Å². The van der Waals surface area contributed by atoms with E-state index in [0.29, 0.717) is 6.42 Å². The monoisotopic (exact) mass is 226 g/mol. The SMILES string of the molecule is CCCC12CC(CCC=O)OC1CCCO2. The van der Waals surface area contributed by atoms with Gasteiger partial charge in [0.15, 0.2) is 0 Å². The lowest BCUT2D eigenvalue weighted by Gasteiger charge is -2.37. The average molecular weight is 226 g/mol. The van der Waals surface area contributed by atoms with Gasteiger partial charge in [-0.1, -0.05) is 13.3 Å². The molecule has 0 aliphatic carbocycles. The molecule has 0 bridgehead atoms. The van der Waals surface area contributed by atoms with Crippen molar-refractivity contribution in [1.82, 2.24) is 0 Å². The fraction of sp³-hybridized carbons (Fsp3) is 0.923. The van der Waals surface area contributed by atoms with Crippen molar-refractivity contribution in [3.05, 3.63) is 0 Å². The zero-order valence-electron chi connectivity index (χ0n) is 10.1. The molecule has 3 atom stereocenters. The van der Waals surface area contributed by atoms with Gasteiger partial charge in [0.05, 0.1) is 17.8 Å². The molecule has 2 aliphatic heterocycles. The summed E-state index contributed by atoms with van der Waals surface area (Å²) >= 11 is 0. The average Bonchev–Trinajstić information content (AvgIpc) is 2.65. The normalized spacial score (nSPS) is 38.3. The zero-order chi connectivity index (χ0) is 11.4. The number of ether oxygens (including phenoxy) is 2. The molecule has 16 heavy (non-hydrogen) atoms. The van der Waals surface area contributed by atoms with Crippen LogP contribution in [0.4, 0.5) is 0 Å². The van der Waals surface area contributed by atoms with Gasteiger partial charge in [0.25, 0.3) is 0 Å². The third kappa shape index (κ3) is 2.30. The van der Waals surface area contributed by atoms with Crippen LogP contribution in [0.1, 0.15) is 51.9 Å². The van der Waals surface area contributed by atoms with Gasteiger partial charge < -0.3 is 14.3 Å². The van der Waals surface area contributed by atoms with Gasteiger partial charge in [0, 0.05) is 19.4 Å². The van der Waals surface area contributed by atoms with Crippen molar-refractivity contribution in [3.63, 3.8) is 0 Å². The van der Waals surface area contributed by atoms with Crippen LogP contribution in [0.25, 0.3) is 0 Å². The molecule has 2 aliphatic rings. The maximum absolute atomic E-state index is 10.4. The van der Waals surface area contributed by atoms with Crippen LogP contribution < -0.4 is 0 Å². The summed E-state index contributed by atoms with van der Waals surface area (Å²) in [5.74, 6) is 0. The van der Waals surface area contributed by atoms with E-state index in [1.807, 2.05) is 0 Å². The molecule has 0 aromatic rings. The molecule has 92 valence electrons. The first-order valence-electron chi connectivity index (χ1n) is 6.54. The standard InChI is InChI=1S/C13H22O3/c1-2-7-13-10-11(5-3-8-14)16-12(13)6-4-9-15-13/h8,11-12H,2-7,9-10H2,1H3. The van der Waals surface area contributed by atoms with E-state index >= 15 is 0 Å². The molecule has 3 heteroatoms. The minimum absolute atomic E-state index is 0.0272. The van der Waals surface area contributed by atoms with Crippen LogP contribution in [-0.2, 0) is 14.3 Å². The molecule has 3 nitrogen and oxygen atoms in total. The number of hydrogen-bond acceptors (Lipinski definition) is 3. The van der Waals surface area contributed by atoms with Crippen LogP contribution in [0.15, 0.2) is 0 Å². The van der Waals surface area contributed by atoms with E-state index in [1.54, 1.807) is 0 Å². The van der Waals surface area contributed by atoms with Crippen LogP contribution in [-0.4, -0.2) is 30.7 Å². The Hall–Kier alpha value is -0.410. The van der Waals surface area contributed by atoms with Crippen LogP contribution in [0.5, 0.6) is 0 Å². The van der Waals surface area contributed by atoms with Crippen LogP contribution in [0.3, 0.4) is 0 Å². The van der Waals surface area contributed by atoms with Crippen molar-refractivity contribution in [1.29, 1.82) is 0 Å². The quantitative estimate of drug-likeness (QED) is 0.676. The zero-order valence-corrected chi connectivity index (χ0v) is 10.1. The van der Waals surface area contributed by atoms with Gasteiger partial charge in [0.2, 0.25) is 0 Å². The first kappa shape index (κ1) is 12.1. The predicted molar refractivity (Wildman–Crippen MR) is 61.4 cm³/mol. The molecule has 0 aromatic heterocycles. The number of carbonyl (C=O) groups is 1. The van der Waals surface area contributed by atoms with Gasteiger partial charge in [-0.05, 0) is 25.7 Å². The lowest BCUT2D eigenvalue weighted by atomic mass is 9.84. The smallest absolute Gasteiger partial charge is 0.120 e. The van der Waals surface area contributed by atoms with Crippen molar-refractivity contribution in [2.75, 3.05) is 6.61 Å². The Bertz CT molecular complexity index is 237. The van der Waals surface area contributed by atoms with E-state index in [1.165, 1.54) is 0 Å². The second kappa shape index (κ2) is 5.28. The van der Waals surface area contributed by atoms with Crippen molar-refractivity contribution >= 4 is 6.29 Å². The maximum atomic E-state index is 10.4. The van der Waals surface area contributed by atoms with E-state index in [-0.39, 0.29) is 17.8 Å². The van der Waals surface area contributed by atoms with Crippen molar-refractivity contribution < 1.29 is 14.3 Å². The minimum atomic E-state index is -0.0272. The number of hydrogen-bond donors (Lipinski definition) is 0. The molecule has 0 amide bonds. The molecule has 0 radical (unpaired) electrons. The van der Waals surface area contributed by atoms with Gasteiger partial charge in [-0.2, -0.15) is 0 Å².